The van der Waals surface area contributed by atoms with E-state index in [1.165, 1.54) is 0 Å². The summed E-state index contributed by atoms with van der Waals surface area (Å²) in [4.78, 5) is 9.02. The predicted molar refractivity (Wildman–Crippen MR) is 90.2 cm³/mol. The van der Waals surface area contributed by atoms with Crippen molar-refractivity contribution in [2.45, 2.75) is 33.0 Å². The number of aryl methyl sites for hydroxylation is 2. The zero-order valence-corrected chi connectivity index (χ0v) is 14.4. The zero-order valence-electron chi connectivity index (χ0n) is 13.4. The normalized spacial score (nSPS) is 12.0. The Kier molecular flexibility index (Phi) is 4.62. The number of para-hydroxylation sites is 2. The van der Waals surface area contributed by atoms with E-state index in [9.17, 15) is 0 Å². The molecule has 112 valence electrons. The lowest BCUT2D eigenvalue weighted by Gasteiger charge is -2.20. The fourth-order valence-electron chi connectivity index (χ4n) is 1.95. The molecule has 0 atom stereocenters. The highest BCUT2D eigenvalue weighted by Gasteiger charge is 2.17. The lowest BCUT2D eigenvalue weighted by molar-refractivity contribution is 0.559. The summed E-state index contributed by atoms with van der Waals surface area (Å²) in [7, 11) is 0.374. The molecule has 1 aromatic carbocycles. The SMILES string of the molecule is Cc1nc(CC=Nc2ccccc2O[Si](C)(C)C)cn1C. The Hall–Kier alpha value is -1.88. The summed E-state index contributed by atoms with van der Waals surface area (Å²) in [5, 5.41) is 0. The summed E-state index contributed by atoms with van der Waals surface area (Å²) in [5.41, 5.74) is 1.91. The third-order valence-corrected chi connectivity index (χ3v) is 3.80. The molecule has 21 heavy (non-hydrogen) atoms. The molecule has 5 heteroatoms. The second-order valence-corrected chi connectivity index (χ2v) is 10.5. The van der Waals surface area contributed by atoms with Crippen LogP contribution in [0.2, 0.25) is 19.6 Å². The molecule has 0 aliphatic heterocycles. The average Bonchev–Trinajstić information content (AvgIpc) is 2.69. The van der Waals surface area contributed by atoms with Gasteiger partial charge in [-0.2, -0.15) is 0 Å². The Morgan fingerprint density at radius 2 is 2.00 bits per heavy atom. The predicted octanol–water partition coefficient (Wildman–Crippen LogP) is 3.89. The Morgan fingerprint density at radius 3 is 2.62 bits per heavy atom. The number of rotatable bonds is 5. The highest BCUT2D eigenvalue weighted by atomic mass is 28.4. The van der Waals surface area contributed by atoms with Gasteiger partial charge in [-0.3, -0.25) is 4.99 Å². The first kappa shape index (κ1) is 15.5. The standard InChI is InChI=1S/C16H23N3OSi/c1-13-18-14(12-19(13)2)10-11-17-15-8-6-7-9-16(15)20-21(3,4)5/h6-9,11-12H,10H2,1-5H3. The quantitative estimate of drug-likeness (QED) is 0.621. The molecule has 4 nitrogen and oxygen atoms in total. The summed E-state index contributed by atoms with van der Waals surface area (Å²) in [5.74, 6) is 1.88. The first-order valence-corrected chi connectivity index (χ1v) is 10.6. The fraction of sp³-hybridized carbons (Fsp3) is 0.375. The van der Waals surface area contributed by atoms with Gasteiger partial charge in [0, 0.05) is 25.9 Å². The monoisotopic (exact) mass is 301 g/mol. The molecule has 0 fully saturated rings. The summed E-state index contributed by atoms with van der Waals surface area (Å²) in [6.07, 6.45) is 4.66. The van der Waals surface area contributed by atoms with Crippen molar-refractivity contribution < 1.29 is 4.43 Å². The molecule has 0 aliphatic carbocycles. The van der Waals surface area contributed by atoms with E-state index in [2.05, 4.69) is 29.6 Å². The zero-order chi connectivity index (χ0) is 15.5. The topological polar surface area (TPSA) is 39.4 Å². The summed E-state index contributed by atoms with van der Waals surface area (Å²) < 4.78 is 8.08. The van der Waals surface area contributed by atoms with Gasteiger partial charge < -0.3 is 8.99 Å². The maximum absolute atomic E-state index is 6.06. The van der Waals surface area contributed by atoms with Gasteiger partial charge in [-0.1, -0.05) is 12.1 Å². The minimum Gasteiger partial charge on any atom is -0.543 e. The first-order valence-electron chi connectivity index (χ1n) is 7.14. The van der Waals surface area contributed by atoms with E-state index < -0.39 is 8.32 Å². The third kappa shape index (κ3) is 4.56. The van der Waals surface area contributed by atoms with Gasteiger partial charge in [0.1, 0.15) is 17.3 Å². The molecule has 0 aliphatic rings. The minimum atomic E-state index is -1.63. The van der Waals surface area contributed by atoms with Crippen molar-refractivity contribution in [1.29, 1.82) is 0 Å². The molecule has 0 spiro atoms. The van der Waals surface area contributed by atoms with Gasteiger partial charge in [-0.05, 0) is 38.7 Å². The van der Waals surface area contributed by atoms with Crippen LogP contribution in [0, 0.1) is 6.92 Å². The first-order chi connectivity index (χ1) is 9.85. The molecule has 0 N–H and O–H groups in total. The average molecular weight is 301 g/mol. The van der Waals surface area contributed by atoms with Crippen LogP contribution in [0.4, 0.5) is 5.69 Å². The largest absolute Gasteiger partial charge is 0.543 e. The van der Waals surface area contributed by atoms with Gasteiger partial charge in [0.2, 0.25) is 8.32 Å². The molecule has 0 bridgehead atoms. The van der Waals surface area contributed by atoms with Gasteiger partial charge in [-0.15, -0.1) is 0 Å². The Bertz CT molecular complexity index is 622. The van der Waals surface area contributed by atoms with Crippen LogP contribution >= 0.6 is 0 Å². The maximum atomic E-state index is 6.06. The molecule has 2 aromatic rings. The minimum absolute atomic E-state index is 0.725. The van der Waals surface area contributed by atoms with Crippen LogP contribution in [0.25, 0.3) is 0 Å². The maximum Gasteiger partial charge on any atom is 0.242 e. The molecule has 0 amide bonds. The molecule has 0 saturated heterocycles. The van der Waals surface area contributed by atoms with Crippen LogP contribution in [0.15, 0.2) is 35.5 Å². The Balaban J connectivity index is 2.10. The highest BCUT2D eigenvalue weighted by molar-refractivity contribution is 6.70. The molecule has 1 heterocycles. The van der Waals surface area contributed by atoms with Gasteiger partial charge in [0.25, 0.3) is 0 Å². The summed E-state index contributed by atoms with van der Waals surface area (Å²) in [6.45, 7) is 8.51. The van der Waals surface area contributed by atoms with E-state index in [0.29, 0.717) is 0 Å². The molecule has 0 radical (unpaired) electrons. The molecule has 0 saturated carbocycles. The molecule has 0 unspecified atom stereocenters. The van der Waals surface area contributed by atoms with Crippen molar-refractivity contribution in [3.8, 4) is 5.75 Å². The van der Waals surface area contributed by atoms with E-state index in [1.807, 2.05) is 55.2 Å². The number of hydrogen-bond donors (Lipinski definition) is 0. The van der Waals surface area contributed by atoms with Crippen molar-refractivity contribution >= 4 is 20.2 Å². The second kappa shape index (κ2) is 6.26. The third-order valence-electron chi connectivity index (χ3n) is 2.97. The summed E-state index contributed by atoms with van der Waals surface area (Å²) in [6, 6.07) is 7.93. The van der Waals surface area contributed by atoms with Gasteiger partial charge >= 0.3 is 0 Å². The number of nitrogens with zero attached hydrogens (tertiary/aromatic N) is 3. The van der Waals surface area contributed by atoms with E-state index in [-0.39, 0.29) is 0 Å². The van der Waals surface area contributed by atoms with Crippen LogP contribution in [-0.2, 0) is 13.5 Å². The second-order valence-electron chi connectivity index (χ2n) is 6.09. The number of aromatic nitrogens is 2. The van der Waals surface area contributed by atoms with Crippen LogP contribution in [-0.4, -0.2) is 24.1 Å². The molecular formula is C16H23N3OSi. The van der Waals surface area contributed by atoms with Crippen molar-refractivity contribution in [2.75, 3.05) is 0 Å². The number of aliphatic imine (C=N–C) groups is 1. The summed E-state index contributed by atoms with van der Waals surface area (Å²) >= 11 is 0. The van der Waals surface area contributed by atoms with Crippen molar-refractivity contribution in [3.05, 3.63) is 42.0 Å². The van der Waals surface area contributed by atoms with Crippen LogP contribution < -0.4 is 4.43 Å². The van der Waals surface area contributed by atoms with Crippen LogP contribution in [0.1, 0.15) is 11.5 Å². The number of hydrogen-bond acceptors (Lipinski definition) is 3. The van der Waals surface area contributed by atoms with E-state index >= 15 is 0 Å². The Labute approximate surface area is 127 Å². The fourth-order valence-corrected chi connectivity index (χ4v) is 2.78. The van der Waals surface area contributed by atoms with E-state index in [4.69, 9.17) is 4.43 Å². The highest BCUT2D eigenvalue weighted by Crippen LogP contribution is 2.28. The number of benzene rings is 1. The van der Waals surface area contributed by atoms with Gasteiger partial charge in [0.05, 0.1) is 5.69 Å². The van der Waals surface area contributed by atoms with Crippen molar-refractivity contribution in [1.82, 2.24) is 9.55 Å². The molecule has 2 rings (SSSR count). The number of imidazole rings is 1. The van der Waals surface area contributed by atoms with Crippen molar-refractivity contribution in [3.63, 3.8) is 0 Å². The van der Waals surface area contributed by atoms with Gasteiger partial charge in [0.15, 0.2) is 0 Å². The Morgan fingerprint density at radius 1 is 1.29 bits per heavy atom. The molecule has 1 aromatic heterocycles. The van der Waals surface area contributed by atoms with E-state index in [0.717, 1.165) is 29.4 Å². The lowest BCUT2D eigenvalue weighted by Crippen LogP contribution is -2.29. The van der Waals surface area contributed by atoms with E-state index in [1.54, 1.807) is 0 Å². The smallest absolute Gasteiger partial charge is 0.242 e. The van der Waals surface area contributed by atoms with Crippen LogP contribution in [0.3, 0.4) is 0 Å². The molecular weight excluding hydrogens is 278 g/mol. The lowest BCUT2D eigenvalue weighted by atomic mass is 10.3. The van der Waals surface area contributed by atoms with Gasteiger partial charge in [-0.25, -0.2) is 4.98 Å². The van der Waals surface area contributed by atoms with Crippen LogP contribution in [0.5, 0.6) is 5.75 Å². The van der Waals surface area contributed by atoms with Crippen molar-refractivity contribution in [2.24, 2.45) is 12.0 Å².